The second kappa shape index (κ2) is 37.4. The molecule has 0 fully saturated rings. The molecule has 0 spiro atoms. The number of unbranched alkanes of at least 4 members (excludes halogenated alkanes) is 3. The largest absolute Gasteiger partial charge is 3.00 e. The summed E-state index contributed by atoms with van der Waals surface area (Å²) in [7, 11) is 0. The first-order chi connectivity index (χ1) is 21.5. The zero-order chi connectivity index (χ0) is 38.3. The van der Waals surface area contributed by atoms with E-state index in [4.69, 9.17) is 20.4 Å². The van der Waals surface area contributed by atoms with E-state index in [2.05, 4.69) is 0 Å². The maximum Gasteiger partial charge on any atom is 3.00 e. The Morgan fingerprint density at radius 1 is 0.388 bits per heavy atom. The van der Waals surface area contributed by atoms with Crippen molar-refractivity contribution in [3.8, 4) is 0 Å². The Kier molecular flexibility index (Phi) is 45.4. The molecule has 0 amide bonds. The van der Waals surface area contributed by atoms with E-state index in [1.165, 1.54) is 0 Å². The smallest absolute Gasteiger partial charge is 0.545 e. The van der Waals surface area contributed by atoms with Gasteiger partial charge in [0.05, 0.1) is 35.8 Å². The fourth-order valence-electron chi connectivity index (χ4n) is 1.87. The third-order valence-electron chi connectivity index (χ3n) is 3.84. The van der Waals surface area contributed by atoms with Gasteiger partial charge in [-0.15, -0.1) is 0 Å². The molecular formula is C27H32Al2O20. The SMILES string of the molecule is CCCC=C(C(=O)[O-])C(=O)[O-].CCCC=C(C(=O)[O-])C(=O)[O-].CCCC=C(C(=O)[O-])C(=O)[O-].O=C(O)CC(=O)O.O=C(O)CC(=O)O.[Al+3].[Al+3]. The first-order valence-corrected chi connectivity index (χ1v) is 12.8. The topological polar surface area (TPSA) is 390 Å². The van der Waals surface area contributed by atoms with Crippen LogP contribution in [0.1, 0.15) is 72.1 Å². The van der Waals surface area contributed by atoms with E-state index in [-0.39, 0.29) is 34.7 Å². The first kappa shape index (κ1) is 59.4. The van der Waals surface area contributed by atoms with Crippen LogP contribution in [0.5, 0.6) is 0 Å². The minimum Gasteiger partial charge on any atom is -0.545 e. The average molecular weight is 730 g/mol. The van der Waals surface area contributed by atoms with Crippen molar-refractivity contribution in [1.29, 1.82) is 0 Å². The fourth-order valence-corrected chi connectivity index (χ4v) is 1.87. The average Bonchev–Trinajstić information content (AvgIpc) is 2.88. The molecule has 0 heterocycles. The van der Waals surface area contributed by atoms with Crippen molar-refractivity contribution in [3.63, 3.8) is 0 Å². The summed E-state index contributed by atoms with van der Waals surface area (Å²) in [5, 5.41) is 91.1. The predicted molar refractivity (Wildman–Crippen MR) is 150 cm³/mol. The van der Waals surface area contributed by atoms with Gasteiger partial charge in [0.25, 0.3) is 0 Å². The summed E-state index contributed by atoms with van der Waals surface area (Å²) in [6, 6.07) is 0. The molecule has 0 saturated carbocycles. The minimum atomic E-state index is -1.70. The molecule has 0 radical (unpaired) electrons. The Hall–Kier alpha value is -5.02. The van der Waals surface area contributed by atoms with Gasteiger partial charge in [-0.05, 0) is 19.3 Å². The van der Waals surface area contributed by atoms with Gasteiger partial charge in [-0.25, -0.2) is 0 Å². The molecule has 22 heteroatoms. The maximum absolute atomic E-state index is 10.0. The number of allylic oxidation sites excluding steroid dienone is 3. The van der Waals surface area contributed by atoms with Crippen LogP contribution in [0.3, 0.4) is 0 Å². The number of hydrogen-bond acceptors (Lipinski definition) is 16. The summed E-state index contributed by atoms with van der Waals surface area (Å²) in [6.07, 6.45) is 4.91. The van der Waals surface area contributed by atoms with E-state index in [1.54, 1.807) is 20.8 Å². The van der Waals surface area contributed by atoms with E-state index in [1.807, 2.05) is 0 Å². The zero-order valence-corrected chi connectivity index (χ0v) is 28.7. The van der Waals surface area contributed by atoms with Crippen molar-refractivity contribution < 1.29 is 99.0 Å². The van der Waals surface area contributed by atoms with Gasteiger partial charge in [0.15, 0.2) is 0 Å². The summed E-state index contributed by atoms with van der Waals surface area (Å²) in [4.78, 5) is 98.0. The van der Waals surface area contributed by atoms with Gasteiger partial charge in [0.2, 0.25) is 0 Å². The van der Waals surface area contributed by atoms with Crippen molar-refractivity contribution in [2.24, 2.45) is 0 Å². The van der Waals surface area contributed by atoms with Crippen LogP contribution >= 0.6 is 0 Å². The molecule has 20 nitrogen and oxygen atoms in total. The molecule has 266 valence electrons. The van der Waals surface area contributed by atoms with Crippen molar-refractivity contribution in [2.45, 2.75) is 72.1 Å². The van der Waals surface area contributed by atoms with Crippen LogP contribution in [-0.4, -0.2) is 115 Å². The Bertz CT molecular complexity index is 998. The summed E-state index contributed by atoms with van der Waals surface area (Å²) in [5.74, 6) is -15.4. The number of rotatable bonds is 16. The molecule has 0 aromatic heterocycles. The Morgan fingerprint density at radius 3 is 0.592 bits per heavy atom. The van der Waals surface area contributed by atoms with Crippen LogP contribution in [0, 0.1) is 0 Å². The van der Waals surface area contributed by atoms with Gasteiger partial charge >= 0.3 is 58.6 Å². The standard InChI is InChI=1S/3C7H10O4.2C3H4O4.2Al/c3*1-2-3-4-5(6(8)9)7(10)11;2*4-2(5)1-3(6)7;;/h3*4H,2-3H2,1H3,(H,8,9)(H,10,11);2*1H2,(H,4,5)(H,6,7);;/q;;;;;2*+3/p-6. The monoisotopic (exact) mass is 730 g/mol. The van der Waals surface area contributed by atoms with Crippen LogP contribution in [0.4, 0.5) is 0 Å². The van der Waals surface area contributed by atoms with Crippen LogP contribution in [0.15, 0.2) is 34.9 Å². The van der Waals surface area contributed by atoms with Gasteiger partial charge in [-0.1, -0.05) is 58.3 Å². The molecule has 0 aliphatic carbocycles. The zero-order valence-electron chi connectivity index (χ0n) is 26.4. The van der Waals surface area contributed by atoms with E-state index >= 15 is 0 Å². The van der Waals surface area contributed by atoms with Gasteiger partial charge in [-0.3, -0.25) is 19.2 Å². The van der Waals surface area contributed by atoms with E-state index in [0.717, 1.165) is 18.2 Å². The third kappa shape index (κ3) is 47.5. The van der Waals surface area contributed by atoms with Crippen LogP contribution in [-0.2, 0) is 47.9 Å². The fraction of sp³-hybridized carbons (Fsp3) is 0.407. The third-order valence-corrected chi connectivity index (χ3v) is 3.84. The molecule has 0 unspecified atom stereocenters. The van der Waals surface area contributed by atoms with Crippen LogP contribution in [0.2, 0.25) is 0 Å². The molecule has 0 aliphatic heterocycles. The molecule has 0 aromatic rings. The molecular weight excluding hydrogens is 698 g/mol. The quantitative estimate of drug-likeness (QED) is 0.0496. The molecule has 49 heavy (non-hydrogen) atoms. The van der Waals surface area contributed by atoms with Gasteiger partial charge in [-0.2, -0.15) is 0 Å². The maximum atomic E-state index is 10.0. The van der Waals surface area contributed by atoms with Crippen LogP contribution in [0.25, 0.3) is 0 Å². The van der Waals surface area contributed by atoms with Gasteiger partial charge < -0.3 is 79.8 Å². The number of carboxylic acid groups (broad SMARTS) is 10. The van der Waals surface area contributed by atoms with Gasteiger partial charge in [0.1, 0.15) is 12.8 Å². The second-order valence-electron chi connectivity index (χ2n) is 7.87. The van der Waals surface area contributed by atoms with E-state index in [9.17, 15) is 78.6 Å². The summed E-state index contributed by atoms with van der Waals surface area (Å²) >= 11 is 0. The van der Waals surface area contributed by atoms with Crippen molar-refractivity contribution in [1.82, 2.24) is 0 Å². The number of carbonyl (C=O) groups excluding carboxylic acids is 6. The summed E-state index contributed by atoms with van der Waals surface area (Å²) < 4.78 is 0. The number of aliphatic carboxylic acids is 10. The number of hydrogen-bond donors (Lipinski definition) is 4. The number of carboxylic acids is 10. The van der Waals surface area contributed by atoms with Crippen molar-refractivity contribution >= 4 is 94.4 Å². The summed E-state index contributed by atoms with van der Waals surface area (Å²) in [6.45, 7) is 5.41. The molecule has 0 bridgehead atoms. The van der Waals surface area contributed by atoms with Crippen molar-refractivity contribution in [2.75, 3.05) is 0 Å². The molecule has 0 saturated heterocycles. The Morgan fingerprint density at radius 2 is 0.531 bits per heavy atom. The molecule has 0 atom stereocenters. The molecule has 0 aromatic carbocycles. The van der Waals surface area contributed by atoms with Crippen LogP contribution < -0.4 is 30.6 Å². The first-order valence-electron chi connectivity index (χ1n) is 12.8. The summed E-state index contributed by atoms with van der Waals surface area (Å²) in [5.41, 5.74) is -2.31. The minimum absolute atomic E-state index is 0. The Labute approximate surface area is 299 Å². The normalized spacial score (nSPS) is 8.22. The predicted octanol–water partition coefficient (Wildman–Crippen LogP) is -7.03. The number of carbonyl (C=O) groups is 10. The van der Waals surface area contributed by atoms with E-state index < -0.39 is 89.3 Å². The second-order valence-corrected chi connectivity index (χ2v) is 7.87. The van der Waals surface area contributed by atoms with Gasteiger partial charge in [0, 0.05) is 16.7 Å². The molecule has 0 aliphatic rings. The van der Waals surface area contributed by atoms with Crippen molar-refractivity contribution in [3.05, 3.63) is 34.9 Å². The Balaban J connectivity index is -0.0000000903. The van der Waals surface area contributed by atoms with E-state index in [0.29, 0.717) is 38.5 Å². The molecule has 0 rings (SSSR count). The molecule has 4 N–H and O–H groups in total.